The highest BCUT2D eigenvalue weighted by atomic mass is 79.9. The topological polar surface area (TPSA) is 3.24 Å². The van der Waals surface area contributed by atoms with E-state index in [9.17, 15) is 0 Å². The predicted octanol–water partition coefficient (Wildman–Crippen LogP) is 4.63. The number of thiophene rings is 1. The number of hydrogen-bond donors (Lipinski definition) is 0. The lowest BCUT2D eigenvalue weighted by molar-refractivity contribution is 0.883. The van der Waals surface area contributed by atoms with Crippen molar-refractivity contribution in [1.29, 1.82) is 0 Å². The van der Waals surface area contributed by atoms with Crippen molar-refractivity contribution in [3.63, 3.8) is 0 Å². The second-order valence-electron chi connectivity index (χ2n) is 4.51. The first-order valence-corrected chi connectivity index (χ1v) is 8.10. The molecule has 0 aliphatic rings. The van der Waals surface area contributed by atoms with Crippen LogP contribution in [0.1, 0.15) is 16.0 Å². The third-order valence-corrected chi connectivity index (χ3v) is 4.68. The number of hydrogen-bond acceptors (Lipinski definition) is 2. The Kier molecular flexibility index (Phi) is 4.84. The number of aryl methyl sites for hydroxylation is 1. The van der Waals surface area contributed by atoms with Crippen LogP contribution in [0.3, 0.4) is 0 Å². The molecule has 0 atom stereocenters. The maximum Gasteiger partial charge on any atom is 0.0393 e. The second kappa shape index (κ2) is 6.39. The van der Waals surface area contributed by atoms with Gasteiger partial charge in [0.2, 0.25) is 0 Å². The van der Waals surface area contributed by atoms with Crippen LogP contribution in [-0.4, -0.2) is 13.6 Å². The summed E-state index contributed by atoms with van der Waals surface area (Å²) in [5.74, 6) is 0. The van der Waals surface area contributed by atoms with Crippen molar-refractivity contribution < 1.29 is 0 Å². The molecule has 0 spiro atoms. The Morgan fingerprint density at radius 1 is 1.28 bits per heavy atom. The first kappa shape index (κ1) is 13.6. The van der Waals surface area contributed by atoms with Crippen molar-refractivity contribution in [3.8, 4) is 0 Å². The molecule has 1 nitrogen and oxygen atoms in total. The smallest absolute Gasteiger partial charge is 0.0393 e. The predicted molar refractivity (Wildman–Crippen MR) is 85.1 cm³/mol. The number of benzene rings is 1. The van der Waals surface area contributed by atoms with Crippen LogP contribution in [0.5, 0.6) is 0 Å². The average molecular weight is 324 g/mol. The standard InChI is InChI=1S/C15H18BrNS/c1-12-10-13(11-16)5-6-15(12)17(2)8-7-14-4-3-9-18-14/h3-6,9-10H,7-8,11H2,1-2H3. The average Bonchev–Trinajstić information content (AvgIpc) is 2.88. The van der Waals surface area contributed by atoms with E-state index in [-0.39, 0.29) is 0 Å². The lowest BCUT2D eigenvalue weighted by Crippen LogP contribution is -2.20. The van der Waals surface area contributed by atoms with Crippen LogP contribution in [0.25, 0.3) is 0 Å². The van der Waals surface area contributed by atoms with Crippen LogP contribution >= 0.6 is 27.3 Å². The molecule has 1 aromatic heterocycles. The molecule has 0 aliphatic heterocycles. The largest absolute Gasteiger partial charge is 0.374 e. The molecule has 0 fully saturated rings. The Labute approximate surface area is 122 Å². The van der Waals surface area contributed by atoms with Gasteiger partial charge >= 0.3 is 0 Å². The molecule has 0 amide bonds. The minimum atomic E-state index is 0.924. The van der Waals surface area contributed by atoms with Gasteiger partial charge in [-0.15, -0.1) is 11.3 Å². The van der Waals surface area contributed by atoms with Crippen LogP contribution in [0.2, 0.25) is 0 Å². The summed E-state index contributed by atoms with van der Waals surface area (Å²) in [6.07, 6.45) is 1.12. The maximum absolute atomic E-state index is 3.50. The van der Waals surface area contributed by atoms with E-state index in [2.05, 4.69) is 70.5 Å². The molecule has 0 radical (unpaired) electrons. The second-order valence-corrected chi connectivity index (χ2v) is 6.10. The fourth-order valence-corrected chi connectivity index (χ4v) is 3.13. The molecule has 1 aromatic carbocycles. The highest BCUT2D eigenvalue weighted by molar-refractivity contribution is 9.08. The van der Waals surface area contributed by atoms with Crippen LogP contribution in [0.15, 0.2) is 35.7 Å². The van der Waals surface area contributed by atoms with Crippen molar-refractivity contribution in [1.82, 2.24) is 0 Å². The van der Waals surface area contributed by atoms with Gasteiger partial charge in [-0.25, -0.2) is 0 Å². The summed E-state index contributed by atoms with van der Waals surface area (Å²) in [7, 11) is 2.17. The van der Waals surface area contributed by atoms with Crippen molar-refractivity contribution in [3.05, 3.63) is 51.7 Å². The number of alkyl halides is 1. The zero-order valence-corrected chi connectivity index (χ0v) is 13.2. The molecule has 0 bridgehead atoms. The number of anilines is 1. The highest BCUT2D eigenvalue weighted by Crippen LogP contribution is 2.22. The van der Waals surface area contributed by atoms with Crippen LogP contribution < -0.4 is 4.90 Å². The minimum absolute atomic E-state index is 0.924. The molecule has 96 valence electrons. The lowest BCUT2D eigenvalue weighted by Gasteiger charge is -2.21. The van der Waals surface area contributed by atoms with E-state index in [1.165, 1.54) is 21.7 Å². The number of likely N-dealkylation sites (N-methyl/N-ethyl adjacent to an activating group) is 1. The molecule has 0 saturated heterocycles. The Morgan fingerprint density at radius 3 is 2.72 bits per heavy atom. The number of nitrogens with zero attached hydrogens (tertiary/aromatic N) is 1. The van der Waals surface area contributed by atoms with Gasteiger partial charge < -0.3 is 4.90 Å². The Bertz CT molecular complexity index is 493. The zero-order chi connectivity index (χ0) is 13.0. The SMILES string of the molecule is Cc1cc(CBr)ccc1N(C)CCc1cccs1. The molecule has 0 N–H and O–H groups in total. The molecule has 1 heterocycles. The maximum atomic E-state index is 3.50. The van der Waals surface area contributed by atoms with E-state index in [0.29, 0.717) is 0 Å². The Balaban J connectivity index is 2.02. The molecule has 0 saturated carbocycles. The van der Waals surface area contributed by atoms with Gasteiger partial charge in [-0.05, 0) is 42.0 Å². The van der Waals surface area contributed by atoms with Gasteiger partial charge in [-0.1, -0.05) is 34.1 Å². The van der Waals surface area contributed by atoms with E-state index in [0.717, 1.165) is 18.3 Å². The third kappa shape index (κ3) is 3.36. The molecule has 2 rings (SSSR count). The summed E-state index contributed by atoms with van der Waals surface area (Å²) in [6.45, 7) is 3.25. The summed E-state index contributed by atoms with van der Waals surface area (Å²) >= 11 is 5.34. The van der Waals surface area contributed by atoms with E-state index in [1.807, 2.05) is 11.3 Å². The summed E-state index contributed by atoms with van der Waals surface area (Å²) < 4.78 is 0. The molecular formula is C15H18BrNS. The molecule has 0 aliphatic carbocycles. The number of halogens is 1. The van der Waals surface area contributed by atoms with E-state index < -0.39 is 0 Å². The van der Waals surface area contributed by atoms with Gasteiger partial charge in [0.25, 0.3) is 0 Å². The highest BCUT2D eigenvalue weighted by Gasteiger charge is 2.05. The first-order chi connectivity index (χ1) is 8.70. The van der Waals surface area contributed by atoms with Gasteiger partial charge in [0.1, 0.15) is 0 Å². The van der Waals surface area contributed by atoms with Crippen molar-refractivity contribution in [2.45, 2.75) is 18.7 Å². The number of rotatable bonds is 5. The first-order valence-electron chi connectivity index (χ1n) is 6.09. The van der Waals surface area contributed by atoms with Gasteiger partial charge in [0.15, 0.2) is 0 Å². The quantitative estimate of drug-likeness (QED) is 0.725. The summed E-state index contributed by atoms with van der Waals surface area (Å²) in [6, 6.07) is 11.0. The van der Waals surface area contributed by atoms with Gasteiger partial charge in [-0.2, -0.15) is 0 Å². The van der Waals surface area contributed by atoms with Crippen molar-refractivity contribution in [2.24, 2.45) is 0 Å². The van der Waals surface area contributed by atoms with Crippen molar-refractivity contribution >= 4 is 33.0 Å². The summed E-state index contributed by atoms with van der Waals surface area (Å²) in [4.78, 5) is 3.80. The monoisotopic (exact) mass is 323 g/mol. The molecule has 2 aromatic rings. The van der Waals surface area contributed by atoms with Crippen molar-refractivity contribution in [2.75, 3.05) is 18.5 Å². The Morgan fingerprint density at radius 2 is 2.11 bits per heavy atom. The van der Waals surface area contributed by atoms with Crippen LogP contribution in [-0.2, 0) is 11.8 Å². The van der Waals surface area contributed by atoms with Crippen LogP contribution in [0.4, 0.5) is 5.69 Å². The van der Waals surface area contributed by atoms with E-state index in [4.69, 9.17) is 0 Å². The normalized spacial score (nSPS) is 10.6. The molecular weight excluding hydrogens is 306 g/mol. The summed E-state index contributed by atoms with van der Waals surface area (Å²) in [5, 5.41) is 3.07. The van der Waals surface area contributed by atoms with Gasteiger partial charge in [0.05, 0.1) is 0 Å². The zero-order valence-electron chi connectivity index (χ0n) is 10.8. The minimum Gasteiger partial charge on any atom is -0.374 e. The van der Waals surface area contributed by atoms with Gasteiger partial charge in [0, 0.05) is 29.5 Å². The Hall–Kier alpha value is -0.800. The van der Waals surface area contributed by atoms with Gasteiger partial charge in [-0.3, -0.25) is 0 Å². The third-order valence-electron chi connectivity index (χ3n) is 3.10. The fourth-order valence-electron chi connectivity index (χ4n) is 2.08. The van der Waals surface area contributed by atoms with Crippen LogP contribution in [0, 0.1) is 6.92 Å². The fraction of sp³-hybridized carbons (Fsp3) is 0.333. The molecule has 0 unspecified atom stereocenters. The lowest BCUT2D eigenvalue weighted by atomic mass is 10.1. The molecule has 18 heavy (non-hydrogen) atoms. The van der Waals surface area contributed by atoms with E-state index in [1.54, 1.807) is 0 Å². The summed E-state index contributed by atoms with van der Waals surface area (Å²) in [5.41, 5.74) is 4.01. The van der Waals surface area contributed by atoms with E-state index >= 15 is 0 Å². The molecule has 3 heteroatoms.